The van der Waals surface area contributed by atoms with E-state index in [-0.39, 0.29) is 33.9 Å². The normalized spacial score (nSPS) is 14.4. The van der Waals surface area contributed by atoms with Crippen LogP contribution in [0.4, 0.5) is 4.79 Å². The van der Waals surface area contributed by atoms with E-state index in [0.717, 1.165) is 28.1 Å². The highest BCUT2D eigenvalue weighted by Crippen LogP contribution is 2.36. The van der Waals surface area contributed by atoms with Gasteiger partial charge in [0.25, 0.3) is 11.1 Å². The smallest absolute Gasteiger partial charge is 0.343 e. The predicted octanol–water partition coefficient (Wildman–Crippen LogP) is 6.96. The van der Waals surface area contributed by atoms with Crippen LogP contribution in [0.5, 0.6) is 11.5 Å². The maximum absolute atomic E-state index is 13.1. The molecule has 4 aromatic carbocycles. The fourth-order valence-electron chi connectivity index (χ4n) is 3.94. The second-order valence-corrected chi connectivity index (χ2v) is 9.69. The molecule has 0 unspecified atom stereocenters. The van der Waals surface area contributed by atoms with Crippen LogP contribution in [0.2, 0.25) is 5.02 Å². The molecule has 5 rings (SSSR count). The Morgan fingerprint density at radius 3 is 2.51 bits per heavy atom. The van der Waals surface area contributed by atoms with Crippen molar-refractivity contribution in [3.8, 4) is 11.5 Å². The Morgan fingerprint density at radius 1 is 0.919 bits per heavy atom. The molecule has 2 amide bonds. The molecular weight excluding hydrogens is 510 g/mol. The van der Waals surface area contributed by atoms with Gasteiger partial charge in [-0.25, -0.2) is 4.79 Å². The number of hydrogen-bond acceptors (Lipinski definition) is 6. The van der Waals surface area contributed by atoms with Crippen molar-refractivity contribution in [1.82, 2.24) is 4.90 Å². The number of hydrogen-bond donors (Lipinski definition) is 0. The van der Waals surface area contributed by atoms with Crippen LogP contribution in [0.25, 0.3) is 16.8 Å². The number of ether oxygens (including phenoxy) is 2. The summed E-state index contributed by atoms with van der Waals surface area (Å²) in [4.78, 5) is 39.9. The maximum Gasteiger partial charge on any atom is 0.343 e. The lowest BCUT2D eigenvalue weighted by Crippen LogP contribution is -2.27. The van der Waals surface area contributed by atoms with Crippen molar-refractivity contribution in [2.75, 3.05) is 7.11 Å². The molecule has 4 aromatic rings. The van der Waals surface area contributed by atoms with Crippen LogP contribution in [0.1, 0.15) is 21.5 Å². The minimum absolute atomic E-state index is 0.177. The summed E-state index contributed by atoms with van der Waals surface area (Å²) in [6, 6.07) is 25.1. The molecule has 1 fully saturated rings. The van der Waals surface area contributed by atoms with Crippen molar-refractivity contribution in [3.05, 3.63) is 112 Å². The second-order valence-electron chi connectivity index (χ2n) is 8.26. The summed E-state index contributed by atoms with van der Waals surface area (Å²) >= 11 is 6.85. The molecular formula is C29H20ClNO5S. The molecule has 0 saturated carbocycles. The molecule has 0 N–H and O–H groups in total. The Morgan fingerprint density at radius 2 is 1.73 bits per heavy atom. The van der Waals surface area contributed by atoms with E-state index >= 15 is 0 Å². The van der Waals surface area contributed by atoms with Gasteiger partial charge in [0.1, 0.15) is 0 Å². The number of fused-ring (bicyclic) bond motifs is 1. The minimum atomic E-state index is -0.603. The first-order chi connectivity index (χ1) is 17.9. The van der Waals surface area contributed by atoms with Gasteiger partial charge in [0.05, 0.1) is 24.1 Å². The zero-order valence-corrected chi connectivity index (χ0v) is 21.2. The third-order valence-electron chi connectivity index (χ3n) is 5.78. The van der Waals surface area contributed by atoms with Gasteiger partial charge in [0, 0.05) is 5.02 Å². The van der Waals surface area contributed by atoms with E-state index in [1.807, 2.05) is 42.5 Å². The average molecular weight is 530 g/mol. The molecule has 0 bridgehead atoms. The van der Waals surface area contributed by atoms with Gasteiger partial charge in [0.15, 0.2) is 11.5 Å². The van der Waals surface area contributed by atoms with Gasteiger partial charge < -0.3 is 9.47 Å². The standard InChI is InChI=1S/C29H20ClNO5S/c1-35-24-12-10-18(14-25(24)36-28(33)22-7-4-8-23(30)16-22)15-26-27(32)31(29(34)37-26)17-19-9-11-20-5-2-3-6-21(20)13-19/h2-16H,17H2,1H3/b26-15-. The van der Waals surface area contributed by atoms with E-state index in [0.29, 0.717) is 16.3 Å². The maximum atomic E-state index is 13.1. The molecule has 6 nitrogen and oxygen atoms in total. The van der Waals surface area contributed by atoms with Gasteiger partial charge in [-0.3, -0.25) is 14.5 Å². The number of carbonyl (C=O) groups excluding carboxylic acids is 3. The zero-order chi connectivity index (χ0) is 25.9. The minimum Gasteiger partial charge on any atom is -0.493 e. The molecule has 184 valence electrons. The number of methoxy groups -OCH3 is 1. The van der Waals surface area contributed by atoms with E-state index in [9.17, 15) is 14.4 Å². The SMILES string of the molecule is COc1ccc(/C=C2\SC(=O)N(Cc3ccc4ccccc4c3)C2=O)cc1OC(=O)c1cccc(Cl)c1. The van der Waals surface area contributed by atoms with Crippen LogP contribution < -0.4 is 9.47 Å². The third-order valence-corrected chi connectivity index (χ3v) is 6.92. The number of benzene rings is 4. The monoisotopic (exact) mass is 529 g/mol. The molecule has 1 heterocycles. The number of rotatable bonds is 6. The largest absolute Gasteiger partial charge is 0.493 e. The molecule has 1 aliphatic heterocycles. The lowest BCUT2D eigenvalue weighted by atomic mass is 10.1. The lowest BCUT2D eigenvalue weighted by molar-refractivity contribution is -0.123. The quantitative estimate of drug-likeness (QED) is 0.153. The summed E-state index contributed by atoms with van der Waals surface area (Å²) in [5, 5.41) is 2.20. The first-order valence-electron chi connectivity index (χ1n) is 11.3. The van der Waals surface area contributed by atoms with Crippen LogP contribution in [-0.4, -0.2) is 29.1 Å². The Bertz CT molecular complexity index is 1580. The van der Waals surface area contributed by atoms with Crippen LogP contribution >= 0.6 is 23.4 Å². The Balaban J connectivity index is 1.36. The second kappa shape index (κ2) is 10.5. The lowest BCUT2D eigenvalue weighted by Gasteiger charge is -2.13. The van der Waals surface area contributed by atoms with Crippen LogP contribution in [0.15, 0.2) is 89.8 Å². The highest BCUT2D eigenvalue weighted by molar-refractivity contribution is 8.18. The topological polar surface area (TPSA) is 72.9 Å². The zero-order valence-electron chi connectivity index (χ0n) is 19.6. The van der Waals surface area contributed by atoms with Gasteiger partial charge in [-0.05, 0) is 76.1 Å². The molecule has 0 spiro atoms. The van der Waals surface area contributed by atoms with Crippen molar-refractivity contribution in [2.45, 2.75) is 6.54 Å². The molecule has 37 heavy (non-hydrogen) atoms. The Kier molecular flexibility index (Phi) is 6.99. The number of amides is 2. The first kappa shape index (κ1) is 24.6. The van der Waals surface area contributed by atoms with Crippen molar-refractivity contribution in [3.63, 3.8) is 0 Å². The fraction of sp³-hybridized carbons (Fsp3) is 0.0690. The van der Waals surface area contributed by atoms with Crippen LogP contribution in [0, 0.1) is 0 Å². The number of nitrogens with zero attached hydrogens (tertiary/aromatic N) is 1. The number of esters is 1. The van der Waals surface area contributed by atoms with Gasteiger partial charge >= 0.3 is 5.97 Å². The molecule has 0 aromatic heterocycles. The van der Waals surface area contributed by atoms with E-state index < -0.39 is 5.97 Å². The summed E-state index contributed by atoms with van der Waals surface area (Å²) in [6.07, 6.45) is 1.60. The Hall–Kier alpha value is -4.07. The summed E-state index contributed by atoms with van der Waals surface area (Å²) in [5.74, 6) is -0.460. The van der Waals surface area contributed by atoms with E-state index in [4.69, 9.17) is 21.1 Å². The predicted molar refractivity (Wildman–Crippen MR) is 145 cm³/mol. The number of carbonyl (C=O) groups is 3. The van der Waals surface area contributed by atoms with E-state index in [1.165, 1.54) is 18.1 Å². The average Bonchev–Trinajstić information content (AvgIpc) is 3.16. The van der Waals surface area contributed by atoms with E-state index in [2.05, 4.69) is 0 Å². The van der Waals surface area contributed by atoms with E-state index in [1.54, 1.807) is 42.5 Å². The summed E-state index contributed by atoms with van der Waals surface area (Å²) in [5.41, 5.74) is 1.72. The molecule has 8 heteroatoms. The summed E-state index contributed by atoms with van der Waals surface area (Å²) in [7, 11) is 1.46. The first-order valence-corrected chi connectivity index (χ1v) is 12.5. The van der Waals surface area contributed by atoms with Gasteiger partial charge in [-0.2, -0.15) is 0 Å². The van der Waals surface area contributed by atoms with Gasteiger partial charge in [0.2, 0.25) is 0 Å². The summed E-state index contributed by atoms with van der Waals surface area (Å²) in [6.45, 7) is 0.179. The molecule has 0 radical (unpaired) electrons. The highest BCUT2D eigenvalue weighted by Gasteiger charge is 2.35. The van der Waals surface area contributed by atoms with Crippen molar-refractivity contribution in [2.24, 2.45) is 0 Å². The van der Waals surface area contributed by atoms with Crippen LogP contribution in [-0.2, 0) is 11.3 Å². The number of imide groups is 1. The summed E-state index contributed by atoms with van der Waals surface area (Å²) < 4.78 is 10.9. The molecule has 1 saturated heterocycles. The molecule has 0 atom stereocenters. The Labute approximate surface area is 222 Å². The molecule has 0 aliphatic carbocycles. The highest BCUT2D eigenvalue weighted by atomic mass is 35.5. The van der Waals surface area contributed by atoms with Gasteiger partial charge in [-0.1, -0.05) is 60.1 Å². The van der Waals surface area contributed by atoms with Crippen molar-refractivity contribution >= 4 is 57.3 Å². The fourth-order valence-corrected chi connectivity index (χ4v) is 4.97. The van der Waals surface area contributed by atoms with Crippen LogP contribution in [0.3, 0.4) is 0 Å². The number of halogens is 1. The number of thioether (sulfide) groups is 1. The third kappa shape index (κ3) is 5.38. The van der Waals surface area contributed by atoms with Crippen molar-refractivity contribution < 1.29 is 23.9 Å². The van der Waals surface area contributed by atoms with Gasteiger partial charge in [-0.15, -0.1) is 0 Å². The van der Waals surface area contributed by atoms with Crippen molar-refractivity contribution in [1.29, 1.82) is 0 Å². The molecule has 1 aliphatic rings.